The van der Waals surface area contributed by atoms with Gasteiger partial charge in [0.05, 0.1) is 41.2 Å². The van der Waals surface area contributed by atoms with Crippen LogP contribution in [0.1, 0.15) is 48.9 Å². The molecular formula is C30H37F2N7O4S. The number of aromatic nitrogens is 3. The van der Waals surface area contributed by atoms with Gasteiger partial charge in [0.25, 0.3) is 11.8 Å². The molecule has 3 aromatic rings. The van der Waals surface area contributed by atoms with Crippen LogP contribution in [0.3, 0.4) is 0 Å². The van der Waals surface area contributed by atoms with E-state index in [1.165, 1.54) is 25.0 Å². The molecule has 1 aliphatic carbocycles. The molecule has 2 aliphatic heterocycles. The van der Waals surface area contributed by atoms with Crippen LogP contribution in [0.15, 0.2) is 36.7 Å². The number of piperidine rings is 2. The van der Waals surface area contributed by atoms with Gasteiger partial charge in [-0.05, 0) is 55.4 Å². The Morgan fingerprint density at radius 2 is 1.70 bits per heavy atom. The number of sulfonamides is 1. The van der Waals surface area contributed by atoms with Crippen molar-refractivity contribution >= 4 is 33.1 Å². The van der Waals surface area contributed by atoms with Gasteiger partial charge >= 0.3 is 0 Å². The van der Waals surface area contributed by atoms with Crippen molar-refractivity contribution in [3.63, 3.8) is 0 Å². The van der Waals surface area contributed by atoms with Crippen molar-refractivity contribution in [2.75, 3.05) is 53.1 Å². The third-order valence-corrected chi connectivity index (χ3v) is 10.4. The number of nitrogens with two attached hydrogens (primary N) is 1. The third kappa shape index (κ3) is 6.09. The summed E-state index contributed by atoms with van der Waals surface area (Å²) >= 11 is 0. The lowest BCUT2D eigenvalue weighted by Crippen LogP contribution is -2.40. The number of hydrogen-bond donors (Lipinski definition) is 3. The molecule has 1 aromatic carbocycles. The zero-order valence-corrected chi connectivity index (χ0v) is 25.4. The molecule has 236 valence electrons. The number of carbonyl (C=O) groups is 1. The number of anilines is 3. The number of aliphatic hydroxyl groups excluding tert-OH is 1. The number of rotatable bonds is 9. The number of nitrogens with zero attached hydrogens (tertiary/aromatic N) is 5. The van der Waals surface area contributed by atoms with Crippen LogP contribution in [0.25, 0.3) is 22.4 Å². The number of alkyl halides is 2. The van der Waals surface area contributed by atoms with E-state index in [1.807, 2.05) is 17.2 Å². The van der Waals surface area contributed by atoms with E-state index in [0.29, 0.717) is 46.8 Å². The van der Waals surface area contributed by atoms with Crippen LogP contribution in [0.2, 0.25) is 0 Å². The van der Waals surface area contributed by atoms with Crippen molar-refractivity contribution in [3.05, 3.63) is 42.2 Å². The number of benzene rings is 1. The second-order valence-corrected chi connectivity index (χ2v) is 14.0. The van der Waals surface area contributed by atoms with Crippen LogP contribution in [0.4, 0.5) is 26.0 Å². The SMILES string of the molecule is Cn1cc(-c2ccc(-c3c(NS(=O)(=O)CCO)ccc(C(N)=O)c3N3CCC4(CC3)CC4)nc2N2CCC(F)(F)CC2)cn1. The molecule has 3 fully saturated rings. The van der Waals surface area contributed by atoms with E-state index in [1.54, 1.807) is 24.0 Å². The molecule has 0 unspecified atom stereocenters. The summed E-state index contributed by atoms with van der Waals surface area (Å²) in [6, 6.07) is 6.56. The zero-order chi connectivity index (χ0) is 31.3. The Kier molecular flexibility index (Phi) is 7.77. The Labute approximate surface area is 255 Å². The van der Waals surface area contributed by atoms with E-state index in [-0.39, 0.29) is 37.2 Å². The molecule has 44 heavy (non-hydrogen) atoms. The molecule has 4 N–H and O–H groups in total. The summed E-state index contributed by atoms with van der Waals surface area (Å²) in [4.78, 5) is 21.7. The number of primary amides is 1. The van der Waals surface area contributed by atoms with Crippen LogP contribution in [-0.4, -0.2) is 78.7 Å². The molecule has 1 saturated carbocycles. The topological polar surface area (TPSA) is 147 Å². The lowest BCUT2D eigenvalue weighted by Gasteiger charge is -2.37. The maximum atomic E-state index is 14.2. The second-order valence-electron chi connectivity index (χ2n) is 12.2. The fraction of sp³-hybridized carbons (Fsp3) is 0.500. The van der Waals surface area contributed by atoms with Crippen molar-refractivity contribution in [1.29, 1.82) is 0 Å². The van der Waals surface area contributed by atoms with Crippen LogP contribution < -0.4 is 20.3 Å². The van der Waals surface area contributed by atoms with Gasteiger partial charge in [0.2, 0.25) is 10.0 Å². The predicted molar refractivity (Wildman–Crippen MR) is 164 cm³/mol. The van der Waals surface area contributed by atoms with Crippen molar-refractivity contribution in [3.8, 4) is 22.4 Å². The number of pyridine rings is 1. The monoisotopic (exact) mass is 629 g/mol. The van der Waals surface area contributed by atoms with E-state index >= 15 is 0 Å². The average Bonchev–Trinajstić information content (AvgIpc) is 3.58. The first-order chi connectivity index (χ1) is 20.9. The standard InChI is InChI=1S/C30H37F2N7O4S/c1-37-19-20(18-34-37)21-2-4-23(35-28(21)39-14-10-30(31,32)11-15-39)25-24(36-44(42,43)17-16-40)5-3-22(27(33)41)26(25)38-12-8-29(6-7-29)9-13-38/h2-5,18-19,36,40H,6-17H2,1H3,(H2,33,41). The highest BCUT2D eigenvalue weighted by Crippen LogP contribution is 2.55. The van der Waals surface area contributed by atoms with E-state index in [0.717, 1.165) is 18.4 Å². The fourth-order valence-corrected chi connectivity index (χ4v) is 7.19. The lowest BCUT2D eigenvalue weighted by molar-refractivity contribution is -0.0221. The number of hydrogen-bond acceptors (Lipinski definition) is 8. The molecule has 4 heterocycles. The first-order valence-electron chi connectivity index (χ1n) is 14.9. The quantitative estimate of drug-likeness (QED) is 0.326. The Bertz CT molecular complexity index is 1670. The highest BCUT2D eigenvalue weighted by atomic mass is 32.2. The Balaban J connectivity index is 1.54. The Morgan fingerprint density at radius 3 is 2.30 bits per heavy atom. The number of nitrogens with one attached hydrogen (secondary N) is 1. The first kappa shape index (κ1) is 30.3. The molecule has 3 aliphatic rings. The molecule has 1 amide bonds. The van der Waals surface area contributed by atoms with E-state index in [2.05, 4.69) is 14.7 Å². The van der Waals surface area contributed by atoms with E-state index < -0.39 is 34.2 Å². The molecule has 0 bridgehead atoms. The Morgan fingerprint density at radius 1 is 1.02 bits per heavy atom. The summed E-state index contributed by atoms with van der Waals surface area (Å²) in [6.45, 7) is 0.890. The fourth-order valence-electron chi connectivity index (χ4n) is 6.34. The van der Waals surface area contributed by atoms with Crippen molar-refractivity contribution < 1.29 is 27.1 Å². The highest BCUT2D eigenvalue weighted by molar-refractivity contribution is 7.92. The normalized spacial score (nSPS) is 19.3. The molecule has 1 spiro atoms. The van der Waals surface area contributed by atoms with Gasteiger partial charge in [-0.3, -0.25) is 14.2 Å². The molecule has 0 atom stereocenters. The summed E-state index contributed by atoms with van der Waals surface area (Å²) in [7, 11) is -2.18. The second kappa shape index (κ2) is 11.3. The van der Waals surface area contributed by atoms with Gasteiger partial charge in [0.1, 0.15) is 5.82 Å². The van der Waals surface area contributed by atoms with Crippen LogP contribution >= 0.6 is 0 Å². The van der Waals surface area contributed by atoms with Crippen molar-refractivity contribution in [2.24, 2.45) is 18.2 Å². The smallest absolute Gasteiger partial charge is 0.251 e. The summed E-state index contributed by atoms with van der Waals surface area (Å²) in [5.41, 5.74) is 9.28. The van der Waals surface area contributed by atoms with Gasteiger partial charge in [-0.15, -0.1) is 0 Å². The summed E-state index contributed by atoms with van der Waals surface area (Å²) in [5.74, 6) is -3.49. The average molecular weight is 630 g/mol. The Hall–Kier alpha value is -3.78. The van der Waals surface area contributed by atoms with Crippen molar-refractivity contribution in [2.45, 2.75) is 44.4 Å². The van der Waals surface area contributed by atoms with Crippen LogP contribution in [0.5, 0.6) is 0 Å². The number of halogens is 2. The molecule has 2 saturated heterocycles. The maximum Gasteiger partial charge on any atom is 0.251 e. The minimum Gasteiger partial charge on any atom is -0.395 e. The number of aryl methyl sites for hydroxylation is 1. The van der Waals surface area contributed by atoms with Crippen LogP contribution in [-0.2, 0) is 17.1 Å². The third-order valence-electron chi connectivity index (χ3n) is 9.11. The summed E-state index contributed by atoms with van der Waals surface area (Å²) < 4.78 is 58.4. The first-order valence-corrected chi connectivity index (χ1v) is 16.5. The van der Waals surface area contributed by atoms with Gasteiger partial charge in [0.15, 0.2) is 0 Å². The van der Waals surface area contributed by atoms with Gasteiger partial charge in [-0.25, -0.2) is 22.2 Å². The molecule has 6 rings (SSSR count). The predicted octanol–water partition coefficient (Wildman–Crippen LogP) is 3.60. The maximum absolute atomic E-state index is 14.2. The molecule has 2 aromatic heterocycles. The zero-order valence-electron chi connectivity index (χ0n) is 24.6. The van der Waals surface area contributed by atoms with Gasteiger partial charge in [0, 0.05) is 69.0 Å². The molecule has 11 nitrogen and oxygen atoms in total. The summed E-state index contributed by atoms with van der Waals surface area (Å²) in [6.07, 6.45) is 7.06. The highest BCUT2D eigenvalue weighted by Gasteiger charge is 2.45. The van der Waals surface area contributed by atoms with E-state index in [9.17, 15) is 27.1 Å². The largest absolute Gasteiger partial charge is 0.395 e. The summed E-state index contributed by atoms with van der Waals surface area (Å²) in [5, 5.41) is 13.7. The van der Waals surface area contributed by atoms with Crippen molar-refractivity contribution in [1.82, 2.24) is 14.8 Å². The number of amides is 1. The number of aliphatic hydroxyl groups is 1. The molecule has 14 heteroatoms. The number of carbonyl (C=O) groups excluding carboxylic acids is 1. The minimum absolute atomic E-state index is 0.0785. The van der Waals surface area contributed by atoms with Gasteiger partial charge in [-0.2, -0.15) is 5.10 Å². The lowest BCUT2D eigenvalue weighted by atomic mass is 9.91. The molecular weight excluding hydrogens is 592 g/mol. The minimum atomic E-state index is -3.96. The van der Waals surface area contributed by atoms with Crippen LogP contribution in [0, 0.1) is 5.41 Å². The van der Waals surface area contributed by atoms with Gasteiger partial charge < -0.3 is 20.6 Å². The molecule has 0 radical (unpaired) electrons. The van der Waals surface area contributed by atoms with E-state index in [4.69, 9.17) is 10.7 Å². The van der Waals surface area contributed by atoms with Gasteiger partial charge in [-0.1, -0.05) is 0 Å².